The molecule has 30 heavy (non-hydrogen) atoms. The maximum atomic E-state index is 13.3. The summed E-state index contributed by atoms with van der Waals surface area (Å²) in [5.41, 5.74) is -2.48. The second kappa shape index (κ2) is 7.43. The number of halogens is 3. The molecule has 2 aromatic heterocycles. The predicted octanol–water partition coefficient (Wildman–Crippen LogP) is 3.03. The number of benzene rings is 1. The van der Waals surface area contributed by atoms with Gasteiger partial charge in [0.15, 0.2) is 5.65 Å². The first-order valence-electron chi connectivity index (χ1n) is 9.01. The van der Waals surface area contributed by atoms with E-state index in [1.165, 1.54) is 32.4 Å². The minimum absolute atomic E-state index is 0.0203. The van der Waals surface area contributed by atoms with Crippen molar-refractivity contribution < 1.29 is 18.0 Å². The van der Waals surface area contributed by atoms with Gasteiger partial charge in [0.1, 0.15) is 5.39 Å². The molecule has 158 valence electrons. The zero-order chi connectivity index (χ0) is 22.4. The van der Waals surface area contributed by atoms with E-state index >= 15 is 0 Å². The van der Waals surface area contributed by atoms with Crippen molar-refractivity contribution >= 4 is 22.6 Å². The number of nitrogens with one attached hydrogen (secondary N) is 1. The number of hydrogen-bond acceptors (Lipinski definition) is 4. The summed E-state index contributed by atoms with van der Waals surface area (Å²) in [6, 6.07) is 4.38. The van der Waals surface area contributed by atoms with Gasteiger partial charge >= 0.3 is 11.9 Å². The lowest BCUT2D eigenvalue weighted by molar-refractivity contribution is -0.137. The SMILES string of the molecule is CC(C)c1cnc2c(c1NC(=O)c1ccccc1C(F)(F)F)c(=O)n(C)c(=O)n2C. The van der Waals surface area contributed by atoms with Gasteiger partial charge in [0, 0.05) is 20.3 Å². The molecule has 0 unspecified atom stereocenters. The Labute approximate surface area is 168 Å². The highest BCUT2D eigenvalue weighted by atomic mass is 19.4. The first-order valence-corrected chi connectivity index (χ1v) is 9.01. The van der Waals surface area contributed by atoms with Crippen LogP contribution in [-0.4, -0.2) is 20.0 Å². The number of nitrogens with zero attached hydrogens (tertiary/aromatic N) is 3. The van der Waals surface area contributed by atoms with E-state index in [0.717, 1.165) is 21.3 Å². The molecular weight excluding hydrogens is 401 g/mol. The number of carbonyl (C=O) groups is 1. The molecule has 0 saturated heterocycles. The first kappa shape index (κ1) is 21.3. The summed E-state index contributed by atoms with van der Waals surface area (Å²) in [4.78, 5) is 42.0. The van der Waals surface area contributed by atoms with Gasteiger partial charge in [-0.25, -0.2) is 9.78 Å². The van der Waals surface area contributed by atoms with Crippen molar-refractivity contribution in [1.29, 1.82) is 0 Å². The van der Waals surface area contributed by atoms with Crippen molar-refractivity contribution in [3.05, 3.63) is 68.0 Å². The fraction of sp³-hybridized carbons (Fsp3) is 0.300. The molecule has 0 radical (unpaired) electrons. The van der Waals surface area contributed by atoms with Crippen LogP contribution in [0.3, 0.4) is 0 Å². The predicted molar refractivity (Wildman–Crippen MR) is 106 cm³/mol. The molecule has 0 bridgehead atoms. The van der Waals surface area contributed by atoms with Gasteiger partial charge in [0.2, 0.25) is 0 Å². The minimum atomic E-state index is -4.73. The number of carbonyl (C=O) groups excluding carboxylic acids is 1. The molecule has 7 nitrogen and oxygen atoms in total. The number of anilines is 1. The number of fused-ring (bicyclic) bond motifs is 1. The number of rotatable bonds is 3. The summed E-state index contributed by atoms with van der Waals surface area (Å²) in [6.45, 7) is 3.57. The van der Waals surface area contributed by atoms with Crippen molar-refractivity contribution in [2.45, 2.75) is 25.9 Å². The van der Waals surface area contributed by atoms with Gasteiger partial charge in [-0.15, -0.1) is 0 Å². The molecule has 10 heteroatoms. The molecule has 0 fully saturated rings. The maximum Gasteiger partial charge on any atom is 0.417 e. The Morgan fingerprint density at radius 3 is 2.33 bits per heavy atom. The molecule has 0 aliphatic carbocycles. The molecule has 3 aromatic rings. The Morgan fingerprint density at radius 1 is 1.10 bits per heavy atom. The van der Waals surface area contributed by atoms with Crippen LogP contribution in [0.1, 0.15) is 41.3 Å². The summed E-state index contributed by atoms with van der Waals surface area (Å²) in [5.74, 6) is -1.23. The van der Waals surface area contributed by atoms with Crippen molar-refractivity contribution in [1.82, 2.24) is 14.1 Å². The van der Waals surface area contributed by atoms with Gasteiger partial charge in [-0.1, -0.05) is 26.0 Å². The zero-order valence-corrected chi connectivity index (χ0v) is 16.7. The molecule has 1 amide bonds. The lowest BCUT2D eigenvalue weighted by atomic mass is 10.0. The topological polar surface area (TPSA) is 86.0 Å². The van der Waals surface area contributed by atoms with Gasteiger partial charge in [-0.05, 0) is 23.6 Å². The smallest absolute Gasteiger partial charge is 0.321 e. The average molecular weight is 420 g/mol. The summed E-state index contributed by atoms with van der Waals surface area (Å²) in [5, 5.41) is 2.42. The van der Waals surface area contributed by atoms with Crippen LogP contribution in [0.5, 0.6) is 0 Å². The van der Waals surface area contributed by atoms with Crippen molar-refractivity contribution in [3.63, 3.8) is 0 Å². The zero-order valence-electron chi connectivity index (χ0n) is 16.7. The van der Waals surface area contributed by atoms with Gasteiger partial charge < -0.3 is 5.32 Å². The number of alkyl halides is 3. The summed E-state index contributed by atoms with van der Waals surface area (Å²) >= 11 is 0. The van der Waals surface area contributed by atoms with Crippen LogP contribution >= 0.6 is 0 Å². The molecule has 0 aliphatic rings. The largest absolute Gasteiger partial charge is 0.417 e. The van der Waals surface area contributed by atoms with E-state index in [0.29, 0.717) is 5.56 Å². The number of aryl methyl sites for hydroxylation is 1. The van der Waals surface area contributed by atoms with Crippen molar-refractivity contribution in [3.8, 4) is 0 Å². The molecule has 0 saturated carbocycles. The van der Waals surface area contributed by atoms with E-state index in [1.807, 2.05) is 0 Å². The van der Waals surface area contributed by atoms with E-state index in [2.05, 4.69) is 10.3 Å². The average Bonchev–Trinajstić information content (AvgIpc) is 2.69. The summed E-state index contributed by atoms with van der Waals surface area (Å²) < 4.78 is 42.0. The molecule has 1 N–H and O–H groups in total. The van der Waals surface area contributed by atoms with Crippen LogP contribution < -0.4 is 16.6 Å². The van der Waals surface area contributed by atoms with Crippen molar-refractivity contribution in [2.75, 3.05) is 5.32 Å². The molecule has 3 rings (SSSR count). The molecule has 0 aliphatic heterocycles. The Kier molecular flexibility index (Phi) is 5.27. The van der Waals surface area contributed by atoms with Crippen LogP contribution in [0.25, 0.3) is 11.0 Å². The highest BCUT2D eigenvalue weighted by Gasteiger charge is 2.35. The molecule has 0 atom stereocenters. The fourth-order valence-electron chi connectivity index (χ4n) is 3.22. The Bertz CT molecular complexity index is 1270. The number of aromatic nitrogens is 3. The summed E-state index contributed by atoms with van der Waals surface area (Å²) in [7, 11) is 2.69. The second-order valence-corrected chi connectivity index (χ2v) is 7.15. The highest BCUT2D eigenvalue weighted by Crippen LogP contribution is 2.33. The Morgan fingerprint density at radius 2 is 1.73 bits per heavy atom. The van der Waals surface area contributed by atoms with Crippen molar-refractivity contribution in [2.24, 2.45) is 14.1 Å². The van der Waals surface area contributed by atoms with Gasteiger partial charge in [0.25, 0.3) is 11.5 Å². The number of pyridine rings is 1. The van der Waals surface area contributed by atoms with E-state index < -0.39 is 34.5 Å². The van der Waals surface area contributed by atoms with Crippen LogP contribution in [0, 0.1) is 0 Å². The molecule has 2 heterocycles. The normalized spacial score (nSPS) is 11.9. The number of hydrogen-bond donors (Lipinski definition) is 1. The van der Waals surface area contributed by atoms with E-state index in [-0.39, 0.29) is 22.6 Å². The quantitative estimate of drug-likeness (QED) is 0.706. The highest BCUT2D eigenvalue weighted by molar-refractivity contribution is 6.09. The lowest BCUT2D eigenvalue weighted by Crippen LogP contribution is -2.38. The van der Waals surface area contributed by atoms with E-state index in [1.54, 1.807) is 13.8 Å². The van der Waals surface area contributed by atoms with E-state index in [9.17, 15) is 27.6 Å². The number of amides is 1. The third-order valence-corrected chi connectivity index (χ3v) is 4.84. The minimum Gasteiger partial charge on any atom is -0.321 e. The third-order valence-electron chi connectivity index (χ3n) is 4.84. The molecule has 0 spiro atoms. The van der Waals surface area contributed by atoms with Crippen LogP contribution in [0.2, 0.25) is 0 Å². The fourth-order valence-corrected chi connectivity index (χ4v) is 3.22. The van der Waals surface area contributed by atoms with Gasteiger partial charge in [0.05, 0.1) is 16.8 Å². The van der Waals surface area contributed by atoms with Crippen LogP contribution in [0.15, 0.2) is 40.1 Å². The van der Waals surface area contributed by atoms with E-state index in [4.69, 9.17) is 0 Å². The Hall–Kier alpha value is -3.43. The van der Waals surface area contributed by atoms with Gasteiger partial charge in [-0.3, -0.25) is 18.7 Å². The first-order chi connectivity index (χ1) is 13.9. The second-order valence-electron chi connectivity index (χ2n) is 7.15. The lowest BCUT2D eigenvalue weighted by Gasteiger charge is -2.18. The Balaban J connectivity index is 2.29. The standard InChI is InChI=1S/C20H19F3N4O3/c1-10(2)12-9-24-16-14(18(29)27(4)19(30)26(16)3)15(12)25-17(28)11-7-5-6-8-13(11)20(21,22)23/h5-10H,1-4H3,(H,24,25,28). The van der Waals surface area contributed by atoms with Crippen LogP contribution in [0.4, 0.5) is 18.9 Å². The maximum absolute atomic E-state index is 13.3. The molecular formula is C20H19F3N4O3. The van der Waals surface area contributed by atoms with Gasteiger partial charge in [-0.2, -0.15) is 13.2 Å². The van der Waals surface area contributed by atoms with Crippen LogP contribution in [-0.2, 0) is 20.3 Å². The molecule has 1 aromatic carbocycles. The third kappa shape index (κ3) is 3.49. The monoisotopic (exact) mass is 420 g/mol. The summed E-state index contributed by atoms with van der Waals surface area (Å²) in [6.07, 6.45) is -3.33.